The minimum atomic E-state index is 0.365. The number of ether oxygens (including phenoxy) is 1. The van der Waals surface area contributed by atoms with Crippen LogP contribution < -0.4 is 9.64 Å². The van der Waals surface area contributed by atoms with Crippen LogP contribution in [0, 0.1) is 0 Å². The number of hydrogen-bond acceptors (Lipinski definition) is 6. The smallest absolute Gasteiger partial charge is 0.316 e. The number of fused-ring (bicyclic) bond motifs is 1. The third-order valence-corrected chi connectivity index (χ3v) is 4.65. The van der Waals surface area contributed by atoms with Crippen molar-refractivity contribution in [2.45, 2.75) is 19.9 Å². The number of aryl methyl sites for hydroxylation is 1. The van der Waals surface area contributed by atoms with Crippen LogP contribution in [-0.4, -0.2) is 38.7 Å². The molecule has 0 N–H and O–H groups in total. The Morgan fingerprint density at radius 1 is 1.07 bits per heavy atom. The fourth-order valence-corrected chi connectivity index (χ4v) is 3.16. The van der Waals surface area contributed by atoms with Crippen molar-refractivity contribution < 1.29 is 4.74 Å². The monoisotopic (exact) mass is 374 g/mol. The van der Waals surface area contributed by atoms with Crippen molar-refractivity contribution in [1.82, 2.24) is 24.6 Å². The van der Waals surface area contributed by atoms with Crippen LogP contribution in [0.5, 0.6) is 6.01 Å². The minimum absolute atomic E-state index is 0.365. The zero-order valence-electron chi connectivity index (χ0n) is 16.2. The van der Waals surface area contributed by atoms with E-state index in [9.17, 15) is 0 Å². The van der Waals surface area contributed by atoms with Gasteiger partial charge in [-0.15, -0.1) is 0 Å². The number of nitrogens with zero attached hydrogens (tertiary/aromatic N) is 6. The van der Waals surface area contributed by atoms with Crippen LogP contribution >= 0.6 is 0 Å². The molecule has 4 rings (SSSR count). The first kappa shape index (κ1) is 17.9. The van der Waals surface area contributed by atoms with Crippen molar-refractivity contribution >= 4 is 11.5 Å². The fourth-order valence-electron chi connectivity index (χ4n) is 3.16. The quantitative estimate of drug-likeness (QED) is 0.515. The first-order valence-electron chi connectivity index (χ1n) is 9.18. The summed E-state index contributed by atoms with van der Waals surface area (Å²) in [7, 11) is 3.59. The molecule has 3 heterocycles. The van der Waals surface area contributed by atoms with E-state index in [2.05, 4.69) is 45.1 Å². The lowest BCUT2D eigenvalue weighted by atomic mass is 10.1. The van der Waals surface area contributed by atoms with E-state index in [0.29, 0.717) is 12.6 Å². The minimum Gasteiger partial charge on any atom is -0.467 e. The Morgan fingerprint density at radius 2 is 1.82 bits per heavy atom. The molecule has 0 saturated carbocycles. The Bertz CT molecular complexity index is 1080. The Labute approximate surface area is 163 Å². The highest BCUT2D eigenvalue weighted by molar-refractivity contribution is 5.68. The Kier molecular flexibility index (Phi) is 4.89. The summed E-state index contributed by atoms with van der Waals surface area (Å²) >= 11 is 0. The van der Waals surface area contributed by atoms with E-state index in [1.807, 2.05) is 36.0 Å². The van der Waals surface area contributed by atoms with Crippen molar-refractivity contribution in [3.8, 4) is 17.3 Å². The molecule has 0 spiro atoms. The van der Waals surface area contributed by atoms with Gasteiger partial charge in [-0.25, -0.2) is 15.0 Å². The Hall–Kier alpha value is -3.48. The van der Waals surface area contributed by atoms with E-state index in [-0.39, 0.29) is 0 Å². The van der Waals surface area contributed by atoms with Gasteiger partial charge in [0.1, 0.15) is 5.82 Å². The van der Waals surface area contributed by atoms with Gasteiger partial charge in [-0.05, 0) is 6.42 Å². The maximum absolute atomic E-state index is 5.04. The van der Waals surface area contributed by atoms with Crippen LogP contribution in [0.25, 0.3) is 16.9 Å². The maximum atomic E-state index is 5.04. The predicted molar refractivity (Wildman–Crippen MR) is 108 cm³/mol. The molecule has 1 aromatic carbocycles. The fraction of sp³-hybridized carbons (Fsp3) is 0.238. The average molecular weight is 374 g/mol. The third kappa shape index (κ3) is 3.38. The number of methoxy groups -OCH3 is 1. The van der Waals surface area contributed by atoms with E-state index in [4.69, 9.17) is 9.72 Å². The largest absolute Gasteiger partial charge is 0.467 e. The van der Waals surface area contributed by atoms with Gasteiger partial charge in [0.15, 0.2) is 5.65 Å². The zero-order chi connectivity index (χ0) is 19.5. The second-order valence-corrected chi connectivity index (χ2v) is 6.56. The van der Waals surface area contributed by atoms with Crippen molar-refractivity contribution in [3.05, 3.63) is 66.1 Å². The van der Waals surface area contributed by atoms with Gasteiger partial charge in [0, 0.05) is 48.7 Å². The summed E-state index contributed by atoms with van der Waals surface area (Å²) in [5.74, 6) is 0.958. The lowest BCUT2D eigenvalue weighted by molar-refractivity contribution is 0.379. The summed E-state index contributed by atoms with van der Waals surface area (Å²) in [5, 5.41) is 4.58. The molecule has 0 saturated heterocycles. The maximum Gasteiger partial charge on any atom is 0.316 e. The second kappa shape index (κ2) is 7.64. The lowest BCUT2D eigenvalue weighted by Gasteiger charge is -2.21. The predicted octanol–water partition coefficient (Wildman–Crippen LogP) is 3.39. The number of benzene rings is 1. The number of aromatic nitrogens is 5. The van der Waals surface area contributed by atoms with Gasteiger partial charge in [0.25, 0.3) is 0 Å². The molecule has 0 amide bonds. The molecule has 0 aliphatic heterocycles. The molecular formula is C21H22N6O. The standard InChI is InChI=1S/C21H22N6O/c1-4-16-13-24-27-19(26(2)14-15-11-22-21(28-3)23-12-15)10-18(25-20(16)27)17-8-6-5-7-9-17/h5-13H,4,14H2,1-3H3. The molecule has 4 aromatic rings. The van der Waals surface area contributed by atoms with E-state index in [1.54, 1.807) is 19.5 Å². The third-order valence-electron chi connectivity index (χ3n) is 4.65. The molecule has 0 unspecified atom stereocenters. The van der Waals surface area contributed by atoms with Crippen molar-refractivity contribution in [2.75, 3.05) is 19.1 Å². The molecule has 0 atom stereocenters. The van der Waals surface area contributed by atoms with Gasteiger partial charge in [-0.3, -0.25) is 0 Å². The summed E-state index contributed by atoms with van der Waals surface area (Å²) in [6.45, 7) is 2.75. The van der Waals surface area contributed by atoms with Crippen LogP contribution in [0.2, 0.25) is 0 Å². The molecule has 28 heavy (non-hydrogen) atoms. The highest BCUT2D eigenvalue weighted by Gasteiger charge is 2.15. The summed E-state index contributed by atoms with van der Waals surface area (Å²) in [5.41, 5.74) is 5.00. The summed E-state index contributed by atoms with van der Waals surface area (Å²) in [4.78, 5) is 15.4. The number of rotatable bonds is 6. The molecule has 0 radical (unpaired) electrons. The summed E-state index contributed by atoms with van der Waals surface area (Å²) in [6, 6.07) is 12.6. The van der Waals surface area contributed by atoms with Crippen molar-refractivity contribution in [1.29, 1.82) is 0 Å². The second-order valence-electron chi connectivity index (χ2n) is 6.56. The van der Waals surface area contributed by atoms with Gasteiger partial charge < -0.3 is 9.64 Å². The molecule has 142 valence electrons. The van der Waals surface area contributed by atoms with Gasteiger partial charge in [-0.1, -0.05) is 37.3 Å². The van der Waals surface area contributed by atoms with Crippen LogP contribution in [-0.2, 0) is 13.0 Å². The summed E-state index contributed by atoms with van der Waals surface area (Å²) in [6.07, 6.45) is 6.33. The molecular weight excluding hydrogens is 352 g/mol. The average Bonchev–Trinajstić information content (AvgIpc) is 3.17. The van der Waals surface area contributed by atoms with Gasteiger partial charge in [-0.2, -0.15) is 9.61 Å². The van der Waals surface area contributed by atoms with Gasteiger partial charge >= 0.3 is 6.01 Å². The van der Waals surface area contributed by atoms with Crippen LogP contribution in [0.15, 0.2) is 55.0 Å². The van der Waals surface area contributed by atoms with Crippen LogP contribution in [0.1, 0.15) is 18.1 Å². The molecule has 7 heteroatoms. The van der Waals surface area contributed by atoms with Gasteiger partial charge in [0.05, 0.1) is 19.0 Å². The van der Waals surface area contributed by atoms with Crippen LogP contribution in [0.4, 0.5) is 5.82 Å². The van der Waals surface area contributed by atoms with E-state index in [0.717, 1.165) is 40.3 Å². The number of hydrogen-bond donors (Lipinski definition) is 0. The molecule has 3 aromatic heterocycles. The van der Waals surface area contributed by atoms with Gasteiger partial charge in [0.2, 0.25) is 0 Å². The SMILES string of the molecule is CCc1cnn2c(N(C)Cc3cnc(OC)nc3)cc(-c3ccccc3)nc12. The van der Waals surface area contributed by atoms with Crippen molar-refractivity contribution in [3.63, 3.8) is 0 Å². The molecule has 0 aliphatic rings. The van der Waals surface area contributed by atoms with E-state index < -0.39 is 0 Å². The Balaban J connectivity index is 1.76. The van der Waals surface area contributed by atoms with Crippen molar-refractivity contribution in [2.24, 2.45) is 0 Å². The molecule has 0 aliphatic carbocycles. The molecule has 0 fully saturated rings. The van der Waals surface area contributed by atoms with Crippen LogP contribution in [0.3, 0.4) is 0 Å². The number of anilines is 1. The van der Waals surface area contributed by atoms with E-state index in [1.165, 1.54) is 0 Å². The normalized spacial score (nSPS) is 11.0. The first-order valence-corrected chi connectivity index (χ1v) is 9.18. The topological polar surface area (TPSA) is 68.4 Å². The lowest BCUT2D eigenvalue weighted by Crippen LogP contribution is -2.20. The molecule has 0 bridgehead atoms. The highest BCUT2D eigenvalue weighted by Crippen LogP contribution is 2.26. The van der Waals surface area contributed by atoms with E-state index >= 15 is 0 Å². The highest BCUT2D eigenvalue weighted by atomic mass is 16.5. The molecule has 7 nitrogen and oxygen atoms in total. The zero-order valence-corrected chi connectivity index (χ0v) is 16.2. The first-order chi connectivity index (χ1) is 13.7. The Morgan fingerprint density at radius 3 is 2.50 bits per heavy atom. The summed E-state index contributed by atoms with van der Waals surface area (Å²) < 4.78 is 6.94.